The van der Waals surface area contributed by atoms with Crippen LogP contribution in [0.15, 0.2) is 54.6 Å². The molecule has 0 radical (unpaired) electrons. The number of carboxylic acids is 1. The van der Waals surface area contributed by atoms with Crippen LogP contribution in [0.4, 0.5) is 0 Å². The molecule has 1 saturated carbocycles. The van der Waals surface area contributed by atoms with Gasteiger partial charge in [0, 0.05) is 12.3 Å². The average molecular weight is 427 g/mol. The summed E-state index contributed by atoms with van der Waals surface area (Å²) < 4.78 is 11.5. The Labute approximate surface area is 182 Å². The minimum atomic E-state index is -2.57. The molecule has 6 nitrogen and oxygen atoms in total. The second-order valence-electron chi connectivity index (χ2n) is 8.78. The van der Waals surface area contributed by atoms with Gasteiger partial charge in [-0.15, -0.1) is 0 Å². The van der Waals surface area contributed by atoms with Crippen LogP contribution in [0.25, 0.3) is 0 Å². The molecular formula is C25H30O6. The van der Waals surface area contributed by atoms with Crippen molar-refractivity contribution in [3.63, 3.8) is 0 Å². The largest absolute Gasteiger partial charge is 0.489 e. The molecule has 0 aromatic heterocycles. The lowest BCUT2D eigenvalue weighted by molar-refractivity contribution is -0.193. The fraction of sp³-hybridized carbons (Fsp3) is 0.440. The highest BCUT2D eigenvalue weighted by Crippen LogP contribution is 2.44. The van der Waals surface area contributed by atoms with Gasteiger partial charge in [-0.2, -0.15) is 0 Å². The van der Waals surface area contributed by atoms with Crippen molar-refractivity contribution in [2.75, 3.05) is 0 Å². The minimum Gasteiger partial charge on any atom is -0.489 e. The molecular weight excluding hydrogens is 396 g/mol. The number of esters is 1. The SMILES string of the molecule is CC(C)C(C)[C@](O)(C(=O)O)C(=O)OC1(Cc2cccc(OCc3ccccc3)c2)CC1. The molecule has 0 spiro atoms. The zero-order chi connectivity index (χ0) is 22.6. The van der Waals surface area contributed by atoms with Gasteiger partial charge in [0.05, 0.1) is 0 Å². The van der Waals surface area contributed by atoms with Crippen LogP contribution >= 0.6 is 0 Å². The molecule has 2 aromatic rings. The summed E-state index contributed by atoms with van der Waals surface area (Å²) in [6.07, 6.45) is 1.69. The molecule has 2 N–H and O–H groups in total. The Morgan fingerprint density at radius 1 is 1.03 bits per heavy atom. The van der Waals surface area contributed by atoms with Crippen molar-refractivity contribution in [2.24, 2.45) is 11.8 Å². The van der Waals surface area contributed by atoms with Crippen LogP contribution in [-0.4, -0.2) is 33.4 Å². The van der Waals surface area contributed by atoms with Crippen LogP contribution in [0.3, 0.4) is 0 Å². The van der Waals surface area contributed by atoms with Crippen LogP contribution in [0.5, 0.6) is 5.75 Å². The third-order valence-electron chi connectivity index (χ3n) is 6.09. The maximum atomic E-state index is 12.7. The van der Waals surface area contributed by atoms with Crippen LogP contribution in [-0.2, 0) is 27.4 Å². The highest BCUT2D eigenvalue weighted by atomic mass is 16.6. The summed E-state index contributed by atoms with van der Waals surface area (Å²) in [5, 5.41) is 20.2. The maximum Gasteiger partial charge on any atom is 0.350 e. The number of rotatable bonds is 10. The first kappa shape index (κ1) is 22.8. The minimum absolute atomic E-state index is 0.206. The average Bonchev–Trinajstić information content (AvgIpc) is 3.50. The molecule has 1 aliphatic carbocycles. The number of carbonyl (C=O) groups excluding carboxylic acids is 1. The number of hydrogen-bond donors (Lipinski definition) is 2. The number of aliphatic carboxylic acids is 1. The van der Waals surface area contributed by atoms with E-state index in [1.807, 2.05) is 54.6 Å². The molecule has 1 fully saturated rings. The van der Waals surface area contributed by atoms with Gasteiger partial charge in [0.15, 0.2) is 0 Å². The Bertz CT molecular complexity index is 919. The van der Waals surface area contributed by atoms with Crippen LogP contribution in [0.1, 0.15) is 44.7 Å². The van der Waals surface area contributed by atoms with Gasteiger partial charge in [0.2, 0.25) is 0 Å². The van der Waals surface area contributed by atoms with Gasteiger partial charge in [-0.25, -0.2) is 9.59 Å². The first-order chi connectivity index (χ1) is 14.7. The van der Waals surface area contributed by atoms with Crippen molar-refractivity contribution in [3.05, 3.63) is 65.7 Å². The summed E-state index contributed by atoms with van der Waals surface area (Å²) in [4.78, 5) is 24.5. The number of aliphatic hydroxyl groups is 1. The Kier molecular flexibility index (Phi) is 6.70. The van der Waals surface area contributed by atoms with Crippen molar-refractivity contribution < 1.29 is 29.3 Å². The van der Waals surface area contributed by atoms with Crippen molar-refractivity contribution >= 4 is 11.9 Å². The molecule has 0 bridgehead atoms. The van der Waals surface area contributed by atoms with E-state index in [1.165, 1.54) is 0 Å². The number of carboxylic acid groups (broad SMARTS) is 1. The quantitative estimate of drug-likeness (QED) is 0.441. The molecule has 2 atom stereocenters. The van der Waals surface area contributed by atoms with E-state index in [0.29, 0.717) is 31.6 Å². The van der Waals surface area contributed by atoms with Gasteiger partial charge in [-0.3, -0.25) is 0 Å². The van der Waals surface area contributed by atoms with Crippen molar-refractivity contribution in [3.8, 4) is 5.75 Å². The standard InChI is InChI=1S/C25H30O6/c1-17(2)18(3)25(29,22(26)27)23(28)31-24(12-13-24)15-20-10-7-11-21(14-20)30-16-19-8-5-4-6-9-19/h4-11,14,17-18,29H,12-13,15-16H2,1-3H3,(H,26,27)/t18?,25-/m0/s1. The van der Waals surface area contributed by atoms with E-state index in [-0.39, 0.29) is 5.92 Å². The van der Waals surface area contributed by atoms with Gasteiger partial charge >= 0.3 is 11.9 Å². The molecule has 0 aliphatic heterocycles. The zero-order valence-corrected chi connectivity index (χ0v) is 18.2. The Morgan fingerprint density at radius 3 is 2.26 bits per heavy atom. The predicted molar refractivity (Wildman–Crippen MR) is 116 cm³/mol. The first-order valence-electron chi connectivity index (χ1n) is 10.6. The lowest BCUT2D eigenvalue weighted by Gasteiger charge is -2.32. The smallest absolute Gasteiger partial charge is 0.350 e. The van der Waals surface area contributed by atoms with Crippen LogP contribution < -0.4 is 4.74 Å². The highest BCUT2D eigenvalue weighted by Gasteiger charge is 2.56. The topological polar surface area (TPSA) is 93.1 Å². The molecule has 166 valence electrons. The first-order valence-corrected chi connectivity index (χ1v) is 10.6. The van der Waals surface area contributed by atoms with Gasteiger partial charge in [-0.1, -0.05) is 63.2 Å². The van der Waals surface area contributed by atoms with Gasteiger partial charge in [0.25, 0.3) is 5.60 Å². The Morgan fingerprint density at radius 2 is 1.68 bits per heavy atom. The van der Waals surface area contributed by atoms with E-state index >= 15 is 0 Å². The highest BCUT2D eigenvalue weighted by molar-refractivity contribution is 6.03. The second-order valence-corrected chi connectivity index (χ2v) is 8.78. The predicted octanol–water partition coefficient (Wildman–Crippen LogP) is 3.99. The van der Waals surface area contributed by atoms with Crippen molar-refractivity contribution in [1.29, 1.82) is 0 Å². The molecule has 0 heterocycles. The normalized spacial score (nSPS) is 17.5. The van der Waals surface area contributed by atoms with Crippen molar-refractivity contribution in [1.82, 2.24) is 0 Å². The fourth-order valence-electron chi connectivity index (χ4n) is 3.54. The lowest BCUT2D eigenvalue weighted by atomic mass is 9.81. The van der Waals surface area contributed by atoms with E-state index in [2.05, 4.69) is 0 Å². The van der Waals surface area contributed by atoms with Crippen LogP contribution in [0, 0.1) is 11.8 Å². The van der Waals surface area contributed by atoms with Crippen LogP contribution in [0.2, 0.25) is 0 Å². The molecule has 1 aliphatic rings. The van der Waals surface area contributed by atoms with Gasteiger partial charge in [-0.05, 0) is 42.0 Å². The summed E-state index contributed by atoms with van der Waals surface area (Å²) in [6.45, 7) is 5.52. The summed E-state index contributed by atoms with van der Waals surface area (Å²) in [5.41, 5.74) is -1.36. The number of hydrogen-bond acceptors (Lipinski definition) is 5. The summed E-state index contributed by atoms with van der Waals surface area (Å²) in [7, 11) is 0. The molecule has 0 amide bonds. The third kappa shape index (κ3) is 5.25. The monoisotopic (exact) mass is 426 g/mol. The second kappa shape index (κ2) is 9.10. The fourth-order valence-corrected chi connectivity index (χ4v) is 3.54. The van der Waals surface area contributed by atoms with Gasteiger partial charge < -0.3 is 19.7 Å². The van der Waals surface area contributed by atoms with E-state index < -0.39 is 29.1 Å². The Hall–Kier alpha value is -2.86. The van der Waals surface area contributed by atoms with E-state index in [9.17, 15) is 19.8 Å². The molecule has 2 aromatic carbocycles. The van der Waals surface area contributed by atoms with Crippen molar-refractivity contribution in [2.45, 2.75) is 57.8 Å². The number of carbonyl (C=O) groups is 2. The lowest BCUT2D eigenvalue weighted by Crippen LogP contribution is -2.55. The number of benzene rings is 2. The van der Waals surface area contributed by atoms with Gasteiger partial charge in [0.1, 0.15) is 18.0 Å². The molecule has 3 rings (SSSR count). The molecule has 31 heavy (non-hydrogen) atoms. The number of ether oxygens (including phenoxy) is 2. The van der Waals surface area contributed by atoms with E-state index in [4.69, 9.17) is 9.47 Å². The zero-order valence-electron chi connectivity index (χ0n) is 18.2. The summed E-state index contributed by atoms with van der Waals surface area (Å²) >= 11 is 0. The Balaban J connectivity index is 1.67. The summed E-state index contributed by atoms with van der Waals surface area (Å²) in [6, 6.07) is 17.4. The third-order valence-corrected chi connectivity index (χ3v) is 6.09. The molecule has 1 unspecified atom stereocenters. The maximum absolute atomic E-state index is 12.7. The molecule has 0 saturated heterocycles. The van der Waals surface area contributed by atoms with E-state index in [1.54, 1.807) is 20.8 Å². The molecule has 6 heteroatoms. The van der Waals surface area contributed by atoms with E-state index in [0.717, 1.165) is 11.1 Å². The summed E-state index contributed by atoms with van der Waals surface area (Å²) in [5.74, 6) is -2.95.